The van der Waals surface area contributed by atoms with Crippen molar-refractivity contribution in [3.63, 3.8) is 0 Å². The van der Waals surface area contributed by atoms with Gasteiger partial charge in [0, 0.05) is 29.3 Å². The molecule has 0 aromatic heterocycles. The smallest absolute Gasteiger partial charge is 0.315 e. The lowest BCUT2D eigenvalue weighted by molar-refractivity contribution is -0.147. The van der Waals surface area contributed by atoms with Crippen LogP contribution in [0.1, 0.15) is 42.7 Å². The zero-order valence-electron chi connectivity index (χ0n) is 23.3. The number of phenols is 1. The summed E-state index contributed by atoms with van der Waals surface area (Å²) >= 11 is 0. The molecule has 2 aliphatic rings. The van der Waals surface area contributed by atoms with Crippen LogP contribution in [0.25, 0.3) is 0 Å². The van der Waals surface area contributed by atoms with Crippen LogP contribution in [0.2, 0.25) is 0 Å². The van der Waals surface area contributed by atoms with E-state index in [2.05, 4.69) is 0 Å². The number of methoxy groups -OCH3 is 2. The monoisotopic (exact) mass is 555 g/mol. The van der Waals surface area contributed by atoms with Crippen LogP contribution >= 0.6 is 0 Å². The number of benzene rings is 3. The summed E-state index contributed by atoms with van der Waals surface area (Å²) in [4.78, 5) is 32.1. The number of allylic oxidation sites excluding steroid dienone is 2. The van der Waals surface area contributed by atoms with Gasteiger partial charge < -0.3 is 24.1 Å². The van der Waals surface area contributed by atoms with Gasteiger partial charge in [0.1, 0.15) is 30.6 Å². The molecule has 0 bridgehead atoms. The van der Waals surface area contributed by atoms with Gasteiger partial charge in [-0.05, 0) is 66.8 Å². The molecule has 0 saturated heterocycles. The molecule has 3 aromatic rings. The Balaban J connectivity index is 1.42. The predicted molar refractivity (Wildman–Crippen MR) is 154 cm³/mol. The lowest BCUT2D eigenvalue weighted by Crippen LogP contribution is -2.38. The number of phenolic OH excluding ortho intramolecular Hbond substituents is 1. The van der Waals surface area contributed by atoms with E-state index in [4.69, 9.17) is 23.9 Å². The van der Waals surface area contributed by atoms with Gasteiger partial charge in [-0.15, -0.1) is 0 Å². The van der Waals surface area contributed by atoms with E-state index in [1.165, 1.54) is 0 Å². The van der Waals surface area contributed by atoms with E-state index in [1.54, 1.807) is 39.3 Å². The lowest BCUT2D eigenvalue weighted by atomic mass is 9.69. The highest BCUT2D eigenvalue weighted by Gasteiger charge is 2.45. The summed E-state index contributed by atoms with van der Waals surface area (Å²) < 4.78 is 22.2. The first-order chi connectivity index (χ1) is 19.9. The first-order valence-electron chi connectivity index (χ1n) is 13.6. The Bertz CT molecular complexity index is 1490. The molecular weight excluding hydrogens is 522 g/mol. The fourth-order valence-corrected chi connectivity index (χ4v) is 5.69. The predicted octanol–water partition coefficient (Wildman–Crippen LogP) is 5.61. The van der Waals surface area contributed by atoms with Crippen molar-refractivity contribution in [1.29, 1.82) is 0 Å². The molecule has 3 atom stereocenters. The molecule has 212 valence electrons. The normalized spacial score (nSPS) is 20.1. The highest BCUT2D eigenvalue weighted by Crippen LogP contribution is 2.47. The van der Waals surface area contributed by atoms with Gasteiger partial charge in [0.25, 0.3) is 0 Å². The number of carbonyl (C=O) groups is 2. The molecule has 1 unspecified atom stereocenters. The maximum Gasteiger partial charge on any atom is 0.315 e. The highest BCUT2D eigenvalue weighted by molar-refractivity contribution is 6.09. The average Bonchev–Trinajstić information content (AvgIpc) is 2.98. The number of rotatable bonds is 9. The molecule has 8 nitrogen and oxygen atoms in total. The first-order valence-corrected chi connectivity index (χ1v) is 13.6. The van der Waals surface area contributed by atoms with Crippen LogP contribution in [0.5, 0.6) is 23.0 Å². The summed E-state index contributed by atoms with van der Waals surface area (Å²) in [6, 6.07) is 21.6. The van der Waals surface area contributed by atoms with Crippen LogP contribution in [0.15, 0.2) is 89.1 Å². The van der Waals surface area contributed by atoms with E-state index in [-0.39, 0.29) is 37.1 Å². The highest BCUT2D eigenvalue weighted by atomic mass is 16.6. The van der Waals surface area contributed by atoms with Crippen molar-refractivity contribution >= 4 is 17.5 Å². The maximum absolute atomic E-state index is 13.8. The number of para-hydroxylation sites is 1. The zero-order chi connectivity index (χ0) is 28.9. The van der Waals surface area contributed by atoms with E-state index in [0.717, 1.165) is 5.56 Å². The molecule has 1 aliphatic carbocycles. The Morgan fingerprint density at radius 3 is 2.41 bits per heavy atom. The number of ether oxygens (including phenoxy) is 4. The van der Waals surface area contributed by atoms with Gasteiger partial charge in [0.05, 0.1) is 14.2 Å². The third-order valence-corrected chi connectivity index (χ3v) is 7.59. The number of hydrogen-bond acceptors (Lipinski definition) is 8. The largest absolute Gasteiger partial charge is 0.508 e. The zero-order valence-corrected chi connectivity index (χ0v) is 23.3. The van der Waals surface area contributed by atoms with Crippen molar-refractivity contribution in [2.24, 2.45) is 10.9 Å². The van der Waals surface area contributed by atoms with Crippen molar-refractivity contribution < 1.29 is 33.6 Å². The van der Waals surface area contributed by atoms with Crippen LogP contribution in [-0.4, -0.2) is 50.0 Å². The molecule has 41 heavy (non-hydrogen) atoms. The molecule has 5 rings (SSSR count). The van der Waals surface area contributed by atoms with Gasteiger partial charge in [-0.25, -0.2) is 0 Å². The van der Waals surface area contributed by atoms with Crippen LogP contribution in [0, 0.1) is 5.92 Å². The topological polar surface area (TPSA) is 104 Å². The summed E-state index contributed by atoms with van der Waals surface area (Å²) in [6.07, 6.45) is 0.779. The first kappa shape index (κ1) is 28.0. The number of hydrogen-bond donors (Lipinski definition) is 1. The van der Waals surface area contributed by atoms with Crippen molar-refractivity contribution in [1.82, 2.24) is 0 Å². The molecule has 1 N–H and O–H groups in total. The molecule has 1 heterocycles. The number of esters is 1. The van der Waals surface area contributed by atoms with Gasteiger partial charge in [-0.1, -0.05) is 36.4 Å². The van der Waals surface area contributed by atoms with E-state index in [0.29, 0.717) is 46.2 Å². The Kier molecular flexibility index (Phi) is 8.38. The van der Waals surface area contributed by atoms with Gasteiger partial charge in [0.15, 0.2) is 17.3 Å². The molecular formula is C33H33NO7. The fraction of sp³-hybridized carbons (Fsp3) is 0.303. The minimum atomic E-state index is -0.811. The molecule has 0 amide bonds. The number of aliphatic imine (C=N–C) groups is 1. The number of ketones is 1. The Hall–Kier alpha value is -4.59. The molecule has 0 spiro atoms. The summed E-state index contributed by atoms with van der Waals surface area (Å²) in [6.45, 7) is 2.03. The van der Waals surface area contributed by atoms with E-state index < -0.39 is 17.8 Å². The molecule has 8 heteroatoms. The molecule has 0 radical (unpaired) electrons. The van der Waals surface area contributed by atoms with E-state index in [1.807, 2.05) is 54.6 Å². The van der Waals surface area contributed by atoms with Crippen molar-refractivity contribution in [2.75, 3.05) is 27.4 Å². The van der Waals surface area contributed by atoms with E-state index >= 15 is 0 Å². The summed E-state index contributed by atoms with van der Waals surface area (Å²) in [7, 11) is 3.16. The minimum Gasteiger partial charge on any atom is -0.508 e. The second kappa shape index (κ2) is 12.3. The molecule has 3 aromatic carbocycles. The number of Topliss-reactive ketones (excluding diaryl/α,β-unsaturated/α-hetero) is 1. The Morgan fingerprint density at radius 2 is 1.68 bits per heavy atom. The molecule has 0 fully saturated rings. The van der Waals surface area contributed by atoms with Crippen molar-refractivity contribution in [3.05, 3.63) is 95.2 Å². The molecule has 1 aliphatic heterocycles. The van der Waals surface area contributed by atoms with E-state index in [9.17, 15) is 14.7 Å². The third kappa shape index (κ3) is 5.96. The number of aromatic hydroxyl groups is 1. The van der Waals surface area contributed by atoms with Gasteiger partial charge in [0.2, 0.25) is 0 Å². The summed E-state index contributed by atoms with van der Waals surface area (Å²) in [5, 5.41) is 10.3. The quantitative estimate of drug-likeness (QED) is 0.271. The minimum absolute atomic E-state index is 0.0471. The van der Waals surface area contributed by atoms with Crippen LogP contribution in [0.3, 0.4) is 0 Å². The summed E-state index contributed by atoms with van der Waals surface area (Å²) in [5.74, 6) is -0.172. The second-order valence-electron chi connectivity index (χ2n) is 10.1. The maximum atomic E-state index is 13.8. The van der Waals surface area contributed by atoms with Crippen LogP contribution in [0.4, 0.5) is 0 Å². The second-order valence-corrected chi connectivity index (χ2v) is 10.1. The lowest BCUT2D eigenvalue weighted by Gasteiger charge is -2.36. The van der Waals surface area contributed by atoms with Gasteiger partial charge in [-0.3, -0.25) is 14.6 Å². The van der Waals surface area contributed by atoms with Gasteiger partial charge >= 0.3 is 5.97 Å². The molecule has 0 saturated carbocycles. The summed E-state index contributed by atoms with van der Waals surface area (Å²) in [5.41, 5.74) is 3.33. The fourth-order valence-electron chi connectivity index (χ4n) is 5.69. The van der Waals surface area contributed by atoms with Crippen molar-refractivity contribution in [3.8, 4) is 23.0 Å². The average molecular weight is 556 g/mol. The Labute approximate surface area is 239 Å². The number of nitrogens with zero attached hydrogens (tertiary/aromatic N) is 1. The third-order valence-electron chi connectivity index (χ3n) is 7.59. The van der Waals surface area contributed by atoms with Crippen LogP contribution in [-0.2, 0) is 14.3 Å². The SMILES string of the molecule is COc1ccc([C@H]2CC(=O)C3=C(C2)N=C(C)C(C(=O)OCCOc2ccccc2)[C@@H]3c2cccc(O)c2)cc1OC. The number of carbonyl (C=O) groups excluding carboxylic acids is 2. The Morgan fingerprint density at radius 1 is 0.902 bits per heavy atom. The standard InChI is InChI=1S/C33H33NO7/c1-20-30(33(37)41-15-14-40-25-10-5-4-6-11-25)31(22-8-7-9-24(35)16-22)32-26(34-20)17-23(18-27(32)36)21-12-13-28(38-2)29(19-21)39-3/h4-13,16,19,23,30-31,35H,14-15,17-18H2,1-3H3/t23-,30?,31+/m1/s1. The van der Waals surface area contributed by atoms with Crippen LogP contribution < -0.4 is 14.2 Å². The van der Waals surface area contributed by atoms with Crippen molar-refractivity contribution in [2.45, 2.75) is 31.6 Å². The van der Waals surface area contributed by atoms with Gasteiger partial charge in [-0.2, -0.15) is 0 Å².